The van der Waals surface area contributed by atoms with Gasteiger partial charge in [0.25, 0.3) is 5.91 Å². The SMILES string of the molecule is CNc1cccc(C(=O)N(C)c2cc(Br)cs2)c1. The van der Waals surface area contributed by atoms with E-state index in [0.717, 1.165) is 15.2 Å². The number of nitrogens with zero attached hydrogens (tertiary/aromatic N) is 1. The van der Waals surface area contributed by atoms with E-state index >= 15 is 0 Å². The Kier molecular flexibility index (Phi) is 4.04. The number of anilines is 2. The van der Waals surface area contributed by atoms with Crippen molar-refractivity contribution in [1.82, 2.24) is 0 Å². The van der Waals surface area contributed by atoms with Gasteiger partial charge in [0.15, 0.2) is 0 Å². The quantitative estimate of drug-likeness (QED) is 0.930. The fraction of sp³-hybridized carbons (Fsp3) is 0.154. The Morgan fingerprint density at radius 2 is 2.17 bits per heavy atom. The van der Waals surface area contributed by atoms with Gasteiger partial charge < -0.3 is 10.2 Å². The summed E-state index contributed by atoms with van der Waals surface area (Å²) in [7, 11) is 3.62. The molecule has 3 nitrogen and oxygen atoms in total. The molecule has 0 aliphatic heterocycles. The molecule has 0 spiro atoms. The van der Waals surface area contributed by atoms with Gasteiger partial charge in [0, 0.05) is 35.2 Å². The van der Waals surface area contributed by atoms with E-state index in [0.29, 0.717) is 5.56 Å². The summed E-state index contributed by atoms with van der Waals surface area (Å²) in [6, 6.07) is 9.41. The van der Waals surface area contributed by atoms with Gasteiger partial charge >= 0.3 is 0 Å². The molecular weight excluding hydrogens is 312 g/mol. The highest BCUT2D eigenvalue weighted by atomic mass is 79.9. The maximum Gasteiger partial charge on any atom is 0.258 e. The van der Waals surface area contributed by atoms with Crippen LogP contribution in [0.4, 0.5) is 10.7 Å². The third kappa shape index (κ3) is 2.73. The van der Waals surface area contributed by atoms with Crippen molar-refractivity contribution in [3.05, 3.63) is 45.7 Å². The van der Waals surface area contributed by atoms with Crippen LogP contribution in [0.2, 0.25) is 0 Å². The number of hydrogen-bond donors (Lipinski definition) is 1. The molecule has 0 bridgehead atoms. The molecule has 18 heavy (non-hydrogen) atoms. The molecule has 0 saturated heterocycles. The number of rotatable bonds is 3. The molecule has 2 aromatic rings. The summed E-state index contributed by atoms with van der Waals surface area (Å²) in [5, 5.41) is 5.91. The van der Waals surface area contributed by atoms with E-state index in [-0.39, 0.29) is 5.91 Å². The Labute approximate surface area is 119 Å². The van der Waals surface area contributed by atoms with Crippen molar-refractivity contribution in [2.24, 2.45) is 0 Å². The van der Waals surface area contributed by atoms with Crippen LogP contribution in [-0.4, -0.2) is 20.0 Å². The van der Waals surface area contributed by atoms with E-state index in [9.17, 15) is 4.79 Å². The summed E-state index contributed by atoms with van der Waals surface area (Å²) < 4.78 is 0.992. The van der Waals surface area contributed by atoms with E-state index < -0.39 is 0 Å². The molecule has 0 aliphatic rings. The lowest BCUT2D eigenvalue weighted by Gasteiger charge is -2.15. The van der Waals surface area contributed by atoms with Crippen LogP contribution in [0.25, 0.3) is 0 Å². The zero-order chi connectivity index (χ0) is 13.1. The van der Waals surface area contributed by atoms with E-state index in [1.807, 2.05) is 42.8 Å². The van der Waals surface area contributed by atoms with E-state index in [4.69, 9.17) is 0 Å². The van der Waals surface area contributed by atoms with Crippen LogP contribution in [0, 0.1) is 0 Å². The largest absolute Gasteiger partial charge is 0.388 e. The minimum Gasteiger partial charge on any atom is -0.388 e. The van der Waals surface area contributed by atoms with Crippen molar-refractivity contribution >= 4 is 43.9 Å². The second-order valence-electron chi connectivity index (χ2n) is 3.80. The minimum absolute atomic E-state index is 0.0125. The fourth-order valence-electron chi connectivity index (χ4n) is 1.58. The zero-order valence-electron chi connectivity index (χ0n) is 10.1. The van der Waals surface area contributed by atoms with Gasteiger partial charge in [-0.05, 0) is 40.2 Å². The number of nitrogens with one attached hydrogen (secondary N) is 1. The van der Waals surface area contributed by atoms with Crippen LogP contribution in [-0.2, 0) is 0 Å². The first-order chi connectivity index (χ1) is 8.61. The Morgan fingerprint density at radius 1 is 1.39 bits per heavy atom. The first kappa shape index (κ1) is 13.1. The lowest BCUT2D eigenvalue weighted by molar-refractivity contribution is 0.0993. The first-order valence-electron chi connectivity index (χ1n) is 5.41. The highest BCUT2D eigenvalue weighted by Gasteiger charge is 2.15. The number of hydrogen-bond acceptors (Lipinski definition) is 3. The lowest BCUT2D eigenvalue weighted by atomic mass is 10.2. The summed E-state index contributed by atoms with van der Waals surface area (Å²) in [5.41, 5.74) is 1.61. The smallest absolute Gasteiger partial charge is 0.258 e. The highest BCUT2D eigenvalue weighted by Crippen LogP contribution is 2.28. The van der Waals surface area contributed by atoms with Crippen LogP contribution >= 0.6 is 27.3 Å². The third-order valence-electron chi connectivity index (χ3n) is 2.59. The van der Waals surface area contributed by atoms with Gasteiger partial charge in [0.1, 0.15) is 0 Å². The standard InChI is InChI=1S/C13H13BrN2OS/c1-15-11-5-3-4-9(6-11)13(17)16(2)12-7-10(14)8-18-12/h3-8,15H,1-2H3. The van der Waals surface area contributed by atoms with Crippen molar-refractivity contribution < 1.29 is 4.79 Å². The molecule has 1 N–H and O–H groups in total. The number of thiophene rings is 1. The van der Waals surface area contributed by atoms with Gasteiger partial charge in [-0.3, -0.25) is 4.79 Å². The molecule has 0 atom stereocenters. The van der Waals surface area contributed by atoms with Gasteiger partial charge in [-0.1, -0.05) is 6.07 Å². The Hall–Kier alpha value is -1.33. The fourth-order valence-corrected chi connectivity index (χ4v) is 2.97. The van der Waals surface area contributed by atoms with Crippen molar-refractivity contribution in [1.29, 1.82) is 0 Å². The van der Waals surface area contributed by atoms with Crippen molar-refractivity contribution in [3.8, 4) is 0 Å². The predicted molar refractivity (Wildman–Crippen MR) is 80.7 cm³/mol. The third-order valence-corrected chi connectivity index (χ3v) is 4.35. The summed E-state index contributed by atoms with van der Waals surface area (Å²) in [5.74, 6) is -0.0125. The predicted octanol–water partition coefficient (Wildman–Crippen LogP) is 3.83. The van der Waals surface area contributed by atoms with E-state index in [1.54, 1.807) is 11.9 Å². The average molecular weight is 325 g/mol. The van der Waals surface area contributed by atoms with Crippen LogP contribution in [0.1, 0.15) is 10.4 Å². The van der Waals surface area contributed by atoms with Gasteiger partial charge in [-0.25, -0.2) is 0 Å². The van der Waals surface area contributed by atoms with Gasteiger partial charge in [0.2, 0.25) is 0 Å². The van der Waals surface area contributed by atoms with Crippen molar-refractivity contribution in [2.45, 2.75) is 0 Å². The molecule has 1 heterocycles. The summed E-state index contributed by atoms with van der Waals surface area (Å²) >= 11 is 4.92. The monoisotopic (exact) mass is 324 g/mol. The normalized spacial score (nSPS) is 10.2. The van der Waals surface area contributed by atoms with Gasteiger partial charge in [-0.2, -0.15) is 0 Å². The lowest BCUT2D eigenvalue weighted by Crippen LogP contribution is -2.25. The molecule has 2 rings (SSSR count). The van der Waals surface area contributed by atoms with Crippen molar-refractivity contribution in [2.75, 3.05) is 24.3 Å². The number of carbonyl (C=O) groups excluding carboxylic acids is 1. The summed E-state index contributed by atoms with van der Waals surface area (Å²) in [4.78, 5) is 14.0. The topological polar surface area (TPSA) is 32.3 Å². The second kappa shape index (κ2) is 5.54. The van der Waals surface area contributed by atoms with Crippen LogP contribution in [0.5, 0.6) is 0 Å². The number of carbonyl (C=O) groups is 1. The first-order valence-corrected chi connectivity index (χ1v) is 7.09. The number of halogens is 1. The number of amides is 1. The van der Waals surface area contributed by atoms with Crippen LogP contribution < -0.4 is 10.2 Å². The molecule has 5 heteroatoms. The molecule has 1 amide bonds. The van der Waals surface area contributed by atoms with Crippen molar-refractivity contribution in [3.63, 3.8) is 0 Å². The molecule has 1 aromatic heterocycles. The van der Waals surface area contributed by atoms with Gasteiger partial charge in [-0.15, -0.1) is 11.3 Å². The maximum atomic E-state index is 12.3. The van der Waals surface area contributed by atoms with Crippen LogP contribution in [0.3, 0.4) is 0 Å². The van der Waals surface area contributed by atoms with Gasteiger partial charge in [0.05, 0.1) is 5.00 Å². The summed E-state index contributed by atoms with van der Waals surface area (Å²) in [6.07, 6.45) is 0. The van der Waals surface area contributed by atoms with Crippen LogP contribution in [0.15, 0.2) is 40.2 Å². The number of benzene rings is 1. The summed E-state index contributed by atoms with van der Waals surface area (Å²) in [6.45, 7) is 0. The zero-order valence-corrected chi connectivity index (χ0v) is 12.5. The molecule has 0 saturated carbocycles. The highest BCUT2D eigenvalue weighted by molar-refractivity contribution is 9.10. The molecule has 0 aliphatic carbocycles. The maximum absolute atomic E-state index is 12.3. The average Bonchev–Trinajstić information content (AvgIpc) is 2.83. The Bertz CT molecular complexity index is 568. The molecule has 94 valence electrons. The Balaban J connectivity index is 2.25. The second-order valence-corrected chi connectivity index (χ2v) is 5.60. The Morgan fingerprint density at radius 3 is 2.78 bits per heavy atom. The molecule has 0 fully saturated rings. The molecule has 0 unspecified atom stereocenters. The molecule has 1 aromatic carbocycles. The van der Waals surface area contributed by atoms with E-state index in [2.05, 4.69) is 21.2 Å². The molecular formula is C13H13BrN2OS. The minimum atomic E-state index is -0.0125. The van der Waals surface area contributed by atoms with E-state index in [1.165, 1.54) is 11.3 Å². The molecule has 0 radical (unpaired) electrons.